The number of nitrogens with two attached hydrogens (primary N) is 1. The Morgan fingerprint density at radius 1 is 1.08 bits per heavy atom. The lowest BCUT2D eigenvalue weighted by Gasteiger charge is -2.40. The topological polar surface area (TPSA) is 46.3 Å². The first kappa shape index (κ1) is 20.5. The third kappa shape index (κ3) is 3.65. The molecule has 3 rings (SSSR count). The lowest BCUT2D eigenvalue weighted by atomic mass is 9.78. The molecular weight excluding hydrogens is 344 g/mol. The van der Waals surface area contributed by atoms with Crippen LogP contribution >= 0.6 is 12.4 Å². The van der Waals surface area contributed by atoms with E-state index in [0.717, 1.165) is 19.4 Å². The van der Waals surface area contributed by atoms with E-state index in [9.17, 15) is 4.79 Å². The van der Waals surface area contributed by atoms with E-state index in [1.165, 1.54) is 16.7 Å². The zero-order chi connectivity index (χ0) is 17.9. The summed E-state index contributed by atoms with van der Waals surface area (Å²) in [6.45, 7) is 5.95. The van der Waals surface area contributed by atoms with Crippen molar-refractivity contribution in [1.29, 1.82) is 0 Å². The third-order valence-electron chi connectivity index (χ3n) is 5.88. The third-order valence-corrected chi connectivity index (χ3v) is 5.88. The van der Waals surface area contributed by atoms with Gasteiger partial charge in [-0.15, -0.1) is 12.4 Å². The highest BCUT2D eigenvalue weighted by atomic mass is 35.5. The van der Waals surface area contributed by atoms with Gasteiger partial charge in [-0.1, -0.05) is 68.4 Å². The van der Waals surface area contributed by atoms with Gasteiger partial charge in [0.25, 0.3) is 0 Å². The Kier molecular flexibility index (Phi) is 6.85. The molecule has 0 aliphatic carbocycles. The van der Waals surface area contributed by atoms with E-state index in [-0.39, 0.29) is 24.2 Å². The van der Waals surface area contributed by atoms with Crippen LogP contribution in [0.1, 0.15) is 49.3 Å². The number of fused-ring (bicyclic) bond motifs is 1. The van der Waals surface area contributed by atoms with Crippen LogP contribution in [0.15, 0.2) is 54.6 Å². The van der Waals surface area contributed by atoms with Crippen LogP contribution in [0.5, 0.6) is 0 Å². The number of hydrogen-bond acceptors (Lipinski definition) is 2. The van der Waals surface area contributed by atoms with E-state index in [0.29, 0.717) is 13.1 Å². The quantitative estimate of drug-likeness (QED) is 0.848. The molecule has 3 nitrogen and oxygen atoms in total. The maximum atomic E-state index is 13.3. The standard InChI is InChI=1S/C22H28N2O.ClH/c1-3-22(4-2,16-23)21(25)24-14-18-12-8-9-13-19(18)20(15-24)17-10-6-5-7-11-17;/h5-13,20H,3-4,14-16,23H2,1-2H3;1H. The molecule has 1 heterocycles. The summed E-state index contributed by atoms with van der Waals surface area (Å²) in [5.41, 5.74) is 9.44. The van der Waals surface area contributed by atoms with Crippen LogP contribution in [-0.2, 0) is 11.3 Å². The number of hydrogen-bond donors (Lipinski definition) is 1. The molecule has 1 aliphatic rings. The van der Waals surface area contributed by atoms with E-state index in [4.69, 9.17) is 5.73 Å². The summed E-state index contributed by atoms with van der Waals surface area (Å²) in [5.74, 6) is 0.426. The number of carbonyl (C=O) groups is 1. The number of rotatable bonds is 5. The van der Waals surface area contributed by atoms with E-state index in [1.54, 1.807) is 0 Å². The number of nitrogens with zero attached hydrogens (tertiary/aromatic N) is 1. The molecule has 2 N–H and O–H groups in total. The molecule has 1 amide bonds. The monoisotopic (exact) mass is 372 g/mol. The number of benzene rings is 2. The van der Waals surface area contributed by atoms with Gasteiger partial charge >= 0.3 is 0 Å². The van der Waals surface area contributed by atoms with Gasteiger partial charge in [-0.2, -0.15) is 0 Å². The second-order valence-corrected chi connectivity index (χ2v) is 7.04. The highest BCUT2D eigenvalue weighted by molar-refractivity contribution is 5.85. The molecule has 1 aliphatic heterocycles. The van der Waals surface area contributed by atoms with Crippen LogP contribution in [0.25, 0.3) is 0 Å². The van der Waals surface area contributed by atoms with Gasteiger partial charge in [0.2, 0.25) is 5.91 Å². The van der Waals surface area contributed by atoms with Crippen molar-refractivity contribution in [2.45, 2.75) is 39.2 Å². The maximum Gasteiger partial charge on any atom is 0.230 e. The van der Waals surface area contributed by atoms with Crippen molar-refractivity contribution in [2.75, 3.05) is 13.1 Å². The van der Waals surface area contributed by atoms with Gasteiger partial charge in [0.15, 0.2) is 0 Å². The first-order chi connectivity index (χ1) is 12.1. The number of halogens is 1. The normalized spacial score (nSPS) is 16.6. The van der Waals surface area contributed by atoms with Crippen molar-refractivity contribution >= 4 is 18.3 Å². The van der Waals surface area contributed by atoms with Crippen LogP contribution in [0.4, 0.5) is 0 Å². The fourth-order valence-corrected chi connectivity index (χ4v) is 4.00. The molecule has 26 heavy (non-hydrogen) atoms. The molecule has 1 unspecified atom stereocenters. The van der Waals surface area contributed by atoms with Crippen molar-refractivity contribution in [3.05, 3.63) is 71.3 Å². The molecule has 0 spiro atoms. The summed E-state index contributed by atoms with van der Waals surface area (Å²) in [6, 6.07) is 19.0. The van der Waals surface area contributed by atoms with Gasteiger partial charge in [0.05, 0.1) is 5.41 Å². The van der Waals surface area contributed by atoms with E-state index in [2.05, 4.69) is 62.4 Å². The summed E-state index contributed by atoms with van der Waals surface area (Å²) in [5, 5.41) is 0. The number of carbonyl (C=O) groups excluding carboxylic acids is 1. The minimum Gasteiger partial charge on any atom is -0.337 e. The molecular formula is C22H29ClN2O. The average Bonchev–Trinajstić information content (AvgIpc) is 2.69. The minimum absolute atomic E-state index is 0. The highest BCUT2D eigenvalue weighted by Gasteiger charge is 2.39. The van der Waals surface area contributed by atoms with Crippen molar-refractivity contribution in [1.82, 2.24) is 4.90 Å². The van der Waals surface area contributed by atoms with E-state index >= 15 is 0 Å². The molecule has 0 radical (unpaired) electrons. The number of amides is 1. The Labute approximate surface area is 163 Å². The Balaban J connectivity index is 0.00000243. The smallest absolute Gasteiger partial charge is 0.230 e. The minimum atomic E-state index is -0.437. The summed E-state index contributed by atoms with van der Waals surface area (Å²) in [4.78, 5) is 15.4. The zero-order valence-corrected chi connectivity index (χ0v) is 16.5. The molecule has 0 saturated heterocycles. The van der Waals surface area contributed by atoms with Crippen LogP contribution in [-0.4, -0.2) is 23.9 Å². The first-order valence-electron chi connectivity index (χ1n) is 9.27. The predicted octanol–water partition coefficient (Wildman–Crippen LogP) is 4.35. The Bertz CT molecular complexity index is 720. The summed E-state index contributed by atoms with van der Waals surface area (Å²) >= 11 is 0. The summed E-state index contributed by atoms with van der Waals surface area (Å²) in [6.07, 6.45) is 1.57. The second-order valence-electron chi connectivity index (χ2n) is 7.04. The van der Waals surface area contributed by atoms with Gasteiger partial charge in [0.1, 0.15) is 0 Å². The second kappa shape index (κ2) is 8.70. The Morgan fingerprint density at radius 2 is 1.69 bits per heavy atom. The molecule has 140 valence electrons. The molecule has 0 aromatic heterocycles. The summed E-state index contributed by atoms with van der Waals surface area (Å²) in [7, 11) is 0. The molecule has 4 heteroatoms. The van der Waals surface area contributed by atoms with Crippen molar-refractivity contribution in [3.63, 3.8) is 0 Å². The predicted molar refractivity (Wildman–Crippen MR) is 109 cm³/mol. The molecule has 0 fully saturated rings. The Hall–Kier alpha value is -1.84. The molecule has 2 aromatic carbocycles. The molecule has 0 saturated carbocycles. The van der Waals surface area contributed by atoms with Gasteiger partial charge < -0.3 is 10.6 Å². The van der Waals surface area contributed by atoms with E-state index < -0.39 is 5.41 Å². The largest absolute Gasteiger partial charge is 0.337 e. The fraction of sp³-hybridized carbons (Fsp3) is 0.409. The summed E-state index contributed by atoms with van der Waals surface area (Å²) < 4.78 is 0. The molecule has 2 aromatic rings. The van der Waals surface area contributed by atoms with Crippen LogP contribution in [0.2, 0.25) is 0 Å². The highest BCUT2D eigenvalue weighted by Crippen LogP contribution is 2.36. The SMILES string of the molecule is CCC(CC)(CN)C(=O)N1Cc2ccccc2C(c2ccccc2)C1.Cl. The van der Waals surface area contributed by atoms with Crippen molar-refractivity contribution in [2.24, 2.45) is 11.1 Å². The molecule has 1 atom stereocenters. The first-order valence-corrected chi connectivity index (χ1v) is 9.27. The van der Waals surface area contributed by atoms with Crippen LogP contribution in [0, 0.1) is 5.41 Å². The lowest BCUT2D eigenvalue weighted by Crippen LogP contribution is -2.49. The van der Waals surface area contributed by atoms with Crippen LogP contribution < -0.4 is 5.73 Å². The van der Waals surface area contributed by atoms with Crippen molar-refractivity contribution < 1.29 is 4.79 Å². The van der Waals surface area contributed by atoms with Crippen LogP contribution in [0.3, 0.4) is 0 Å². The van der Waals surface area contributed by atoms with Gasteiger partial charge in [-0.05, 0) is 29.5 Å². The van der Waals surface area contributed by atoms with Gasteiger partial charge in [-0.25, -0.2) is 0 Å². The van der Waals surface area contributed by atoms with Gasteiger partial charge in [0, 0.05) is 25.6 Å². The van der Waals surface area contributed by atoms with E-state index in [1.807, 2.05) is 11.0 Å². The Morgan fingerprint density at radius 3 is 2.31 bits per heavy atom. The average molecular weight is 373 g/mol. The zero-order valence-electron chi connectivity index (χ0n) is 15.7. The molecule has 0 bridgehead atoms. The lowest BCUT2D eigenvalue weighted by molar-refractivity contribution is -0.143. The fourth-order valence-electron chi connectivity index (χ4n) is 4.00. The van der Waals surface area contributed by atoms with Crippen molar-refractivity contribution in [3.8, 4) is 0 Å². The maximum absolute atomic E-state index is 13.3. The van der Waals surface area contributed by atoms with Gasteiger partial charge in [-0.3, -0.25) is 4.79 Å².